The van der Waals surface area contributed by atoms with Gasteiger partial charge in [0.1, 0.15) is 0 Å². The van der Waals surface area contributed by atoms with Crippen LogP contribution in [0.15, 0.2) is 24.3 Å². The number of hydrogen-bond acceptors (Lipinski definition) is 3. The summed E-state index contributed by atoms with van der Waals surface area (Å²) in [5, 5.41) is 9.86. The van der Waals surface area contributed by atoms with Crippen LogP contribution < -0.4 is 5.73 Å². The fraction of sp³-hybridized carbons (Fsp3) is 0.533. The number of hydrogen-bond donors (Lipinski definition) is 2. The minimum absolute atomic E-state index is 0.152. The summed E-state index contributed by atoms with van der Waals surface area (Å²) in [6.07, 6.45) is 2.48. The van der Waals surface area contributed by atoms with Gasteiger partial charge in [0, 0.05) is 25.2 Å². The van der Waals surface area contributed by atoms with Crippen molar-refractivity contribution < 1.29 is 9.90 Å². The van der Waals surface area contributed by atoms with Gasteiger partial charge in [0.15, 0.2) is 0 Å². The highest BCUT2D eigenvalue weighted by Crippen LogP contribution is 2.22. The van der Waals surface area contributed by atoms with E-state index in [0.29, 0.717) is 38.8 Å². The lowest BCUT2D eigenvalue weighted by Gasteiger charge is -2.35. The van der Waals surface area contributed by atoms with Crippen molar-refractivity contribution in [1.29, 1.82) is 0 Å². The number of rotatable bonds is 3. The second kappa shape index (κ2) is 5.61. The Hall–Kier alpha value is -1.55. The van der Waals surface area contributed by atoms with Crippen LogP contribution in [0.4, 0.5) is 5.69 Å². The second-order valence-electron chi connectivity index (χ2n) is 5.58. The summed E-state index contributed by atoms with van der Waals surface area (Å²) in [5.74, 6) is 0.152. The topological polar surface area (TPSA) is 66.6 Å². The van der Waals surface area contributed by atoms with Gasteiger partial charge in [0.25, 0.3) is 0 Å². The smallest absolute Gasteiger partial charge is 0.222 e. The number of carbonyl (C=O) groups is 1. The van der Waals surface area contributed by atoms with Crippen molar-refractivity contribution >= 4 is 11.6 Å². The summed E-state index contributed by atoms with van der Waals surface area (Å²) in [5.41, 5.74) is 7.03. The molecule has 1 aromatic carbocycles. The lowest BCUT2D eigenvalue weighted by Crippen LogP contribution is -2.45. The molecule has 19 heavy (non-hydrogen) atoms. The van der Waals surface area contributed by atoms with Crippen LogP contribution in [0.1, 0.15) is 31.7 Å². The first-order valence-corrected chi connectivity index (χ1v) is 6.81. The van der Waals surface area contributed by atoms with E-state index in [1.54, 1.807) is 0 Å². The molecule has 1 saturated heterocycles. The molecule has 0 saturated carbocycles. The maximum absolute atomic E-state index is 12.1. The molecule has 0 radical (unpaired) electrons. The Bertz CT molecular complexity index is 447. The van der Waals surface area contributed by atoms with Gasteiger partial charge in [0.2, 0.25) is 5.91 Å². The molecule has 2 rings (SSSR count). The lowest BCUT2D eigenvalue weighted by atomic mass is 9.93. The van der Waals surface area contributed by atoms with Crippen LogP contribution >= 0.6 is 0 Å². The number of piperidine rings is 1. The summed E-state index contributed by atoms with van der Waals surface area (Å²) in [6, 6.07) is 7.66. The number of nitrogens with two attached hydrogens (primary N) is 1. The van der Waals surface area contributed by atoms with E-state index in [1.165, 1.54) is 0 Å². The Kier molecular flexibility index (Phi) is 4.10. The maximum atomic E-state index is 12.1. The van der Waals surface area contributed by atoms with Gasteiger partial charge in [-0.2, -0.15) is 0 Å². The number of carbonyl (C=O) groups excluding carboxylic acids is 1. The van der Waals surface area contributed by atoms with E-state index in [1.807, 2.05) is 36.1 Å². The number of benzene rings is 1. The van der Waals surface area contributed by atoms with E-state index in [-0.39, 0.29) is 5.91 Å². The number of amides is 1. The summed E-state index contributed by atoms with van der Waals surface area (Å²) in [7, 11) is 0. The van der Waals surface area contributed by atoms with Gasteiger partial charge in [-0.25, -0.2) is 0 Å². The van der Waals surface area contributed by atoms with E-state index < -0.39 is 5.60 Å². The second-order valence-corrected chi connectivity index (χ2v) is 5.58. The first-order chi connectivity index (χ1) is 8.98. The molecular formula is C15H22N2O2. The molecular weight excluding hydrogens is 240 g/mol. The number of aryl methyl sites for hydroxylation is 1. The molecule has 0 bridgehead atoms. The molecule has 1 heterocycles. The highest BCUT2D eigenvalue weighted by atomic mass is 16.3. The van der Waals surface area contributed by atoms with E-state index in [9.17, 15) is 9.90 Å². The predicted molar refractivity (Wildman–Crippen MR) is 75.6 cm³/mol. The normalized spacial score (nSPS) is 18.3. The Morgan fingerprint density at radius 3 is 2.63 bits per heavy atom. The van der Waals surface area contributed by atoms with Crippen LogP contribution in [0.25, 0.3) is 0 Å². The zero-order chi connectivity index (χ0) is 13.9. The zero-order valence-electron chi connectivity index (χ0n) is 11.4. The maximum Gasteiger partial charge on any atom is 0.222 e. The highest BCUT2D eigenvalue weighted by molar-refractivity contribution is 5.76. The highest BCUT2D eigenvalue weighted by Gasteiger charge is 2.29. The van der Waals surface area contributed by atoms with E-state index in [2.05, 4.69) is 0 Å². The molecule has 1 aliphatic rings. The van der Waals surface area contributed by atoms with Crippen molar-refractivity contribution in [3.05, 3.63) is 29.8 Å². The fourth-order valence-corrected chi connectivity index (χ4v) is 2.40. The van der Waals surface area contributed by atoms with E-state index >= 15 is 0 Å². The Balaban J connectivity index is 1.84. The molecule has 1 aromatic rings. The SMILES string of the molecule is CC1(O)CCN(C(=O)CCc2ccccc2N)CC1. The average molecular weight is 262 g/mol. The molecule has 1 amide bonds. The molecule has 104 valence electrons. The van der Waals surface area contributed by atoms with Crippen LogP contribution in [-0.4, -0.2) is 34.6 Å². The Labute approximate surface area is 114 Å². The molecule has 0 spiro atoms. The minimum atomic E-state index is -0.610. The first kappa shape index (κ1) is 13.9. The quantitative estimate of drug-likeness (QED) is 0.813. The summed E-state index contributed by atoms with van der Waals surface area (Å²) in [6.45, 7) is 3.13. The van der Waals surface area contributed by atoms with Gasteiger partial charge in [-0.1, -0.05) is 18.2 Å². The number of aliphatic hydroxyl groups is 1. The molecule has 3 N–H and O–H groups in total. The number of anilines is 1. The van der Waals surface area contributed by atoms with E-state index in [4.69, 9.17) is 5.73 Å². The van der Waals surface area contributed by atoms with Gasteiger partial charge in [-0.15, -0.1) is 0 Å². The van der Waals surface area contributed by atoms with Gasteiger partial charge >= 0.3 is 0 Å². The number of para-hydroxylation sites is 1. The van der Waals surface area contributed by atoms with Gasteiger partial charge in [0.05, 0.1) is 5.60 Å². The van der Waals surface area contributed by atoms with Crippen molar-refractivity contribution in [3.8, 4) is 0 Å². The molecule has 4 nitrogen and oxygen atoms in total. The average Bonchev–Trinajstić information content (AvgIpc) is 2.37. The Morgan fingerprint density at radius 1 is 1.37 bits per heavy atom. The van der Waals surface area contributed by atoms with Crippen LogP contribution in [0.2, 0.25) is 0 Å². The van der Waals surface area contributed by atoms with Crippen LogP contribution in [0.5, 0.6) is 0 Å². The summed E-state index contributed by atoms with van der Waals surface area (Å²) < 4.78 is 0. The molecule has 1 fully saturated rings. The molecule has 0 aromatic heterocycles. The number of nitrogens with zero attached hydrogens (tertiary/aromatic N) is 1. The fourth-order valence-electron chi connectivity index (χ4n) is 2.40. The van der Waals surface area contributed by atoms with Gasteiger partial charge in [-0.3, -0.25) is 4.79 Å². The largest absolute Gasteiger partial charge is 0.399 e. The van der Waals surface area contributed by atoms with Crippen LogP contribution in [-0.2, 0) is 11.2 Å². The van der Waals surface area contributed by atoms with Crippen molar-refractivity contribution in [1.82, 2.24) is 4.90 Å². The standard InChI is InChI=1S/C15H22N2O2/c1-15(19)8-10-17(11-9-15)14(18)7-6-12-4-2-3-5-13(12)16/h2-5,19H,6-11,16H2,1H3. The molecule has 0 atom stereocenters. The third-order valence-corrected chi connectivity index (χ3v) is 3.86. The lowest BCUT2D eigenvalue weighted by molar-refractivity contribution is -0.134. The van der Waals surface area contributed by atoms with Crippen molar-refractivity contribution in [3.63, 3.8) is 0 Å². The Morgan fingerprint density at radius 2 is 2.00 bits per heavy atom. The summed E-state index contributed by atoms with van der Waals surface area (Å²) in [4.78, 5) is 13.9. The third-order valence-electron chi connectivity index (χ3n) is 3.86. The third kappa shape index (κ3) is 3.70. The van der Waals surface area contributed by atoms with Gasteiger partial charge < -0.3 is 15.7 Å². The van der Waals surface area contributed by atoms with E-state index in [0.717, 1.165) is 11.3 Å². The molecule has 0 unspecified atom stereocenters. The minimum Gasteiger partial charge on any atom is -0.399 e. The predicted octanol–water partition coefficient (Wildman–Crippen LogP) is 1.57. The number of nitrogen functional groups attached to an aromatic ring is 1. The van der Waals surface area contributed by atoms with Crippen molar-refractivity contribution in [2.45, 2.75) is 38.2 Å². The monoisotopic (exact) mass is 262 g/mol. The van der Waals surface area contributed by atoms with Crippen LogP contribution in [0, 0.1) is 0 Å². The van der Waals surface area contributed by atoms with Gasteiger partial charge in [-0.05, 0) is 37.8 Å². The molecule has 1 aliphatic heterocycles. The zero-order valence-corrected chi connectivity index (χ0v) is 11.4. The van der Waals surface area contributed by atoms with Crippen LogP contribution in [0.3, 0.4) is 0 Å². The molecule has 0 aliphatic carbocycles. The molecule has 4 heteroatoms. The number of likely N-dealkylation sites (tertiary alicyclic amines) is 1. The first-order valence-electron chi connectivity index (χ1n) is 6.81. The van der Waals surface area contributed by atoms with Crippen molar-refractivity contribution in [2.24, 2.45) is 0 Å². The van der Waals surface area contributed by atoms with Crippen molar-refractivity contribution in [2.75, 3.05) is 18.8 Å². The summed E-state index contributed by atoms with van der Waals surface area (Å²) >= 11 is 0.